The third-order valence-corrected chi connectivity index (χ3v) is 21.8. The van der Waals surface area contributed by atoms with Gasteiger partial charge in [-0.25, -0.2) is 38.1 Å². The number of aliphatic hydroxyl groups is 2. The number of nitrogen functional groups attached to an aromatic ring is 2. The predicted molar refractivity (Wildman–Crippen MR) is 399 cm³/mol. The zero-order valence-corrected chi connectivity index (χ0v) is 65.2. The highest BCUT2D eigenvalue weighted by molar-refractivity contribution is 7.55. The Morgan fingerprint density at radius 1 is 0.519 bits per heavy atom. The largest absolute Gasteiger partial charge is 0.530 e. The van der Waals surface area contributed by atoms with Gasteiger partial charge in [0, 0.05) is 33.0 Å². The number of hydrogen-bond acceptors (Lipinski definition) is 28. The van der Waals surface area contributed by atoms with E-state index >= 15 is 0 Å². The highest BCUT2D eigenvalue weighted by Gasteiger charge is 2.67. The van der Waals surface area contributed by atoms with Crippen LogP contribution >= 0.6 is 38.7 Å². The Morgan fingerprint density at radius 3 is 1.40 bits per heavy atom. The first-order chi connectivity index (χ1) is 52.1. The molecule has 10 heterocycles. The average Bonchev–Trinajstić information content (AvgIpc) is 1.56. The van der Waals surface area contributed by atoms with Gasteiger partial charge in [0.05, 0.1) is 41.3 Å². The van der Waals surface area contributed by atoms with Gasteiger partial charge in [0.2, 0.25) is 11.2 Å². The molecule has 4 saturated heterocycles. The maximum atomic E-state index is 14.1. The first-order valence-electron chi connectivity index (χ1n) is 36.7. The molecule has 9 atom stereocenters. The van der Waals surface area contributed by atoms with Crippen molar-refractivity contribution in [3.8, 4) is 23.6 Å². The number of aliphatic hydroxyl groups excluding tert-OH is 2. The molecule has 8 aromatic rings. The molecule has 0 saturated carbocycles. The van der Waals surface area contributed by atoms with Crippen molar-refractivity contribution < 1.29 is 75.3 Å². The topological polar surface area (TPSA) is 407 Å². The number of hydrogen-bond donors (Lipinski definition) is 4. The van der Waals surface area contributed by atoms with Crippen molar-refractivity contribution in [3.63, 3.8) is 0 Å². The van der Waals surface area contributed by atoms with Crippen LogP contribution in [0.25, 0.3) is 11.0 Å². The molecule has 6 aromatic heterocycles. The lowest BCUT2D eigenvalue weighted by atomic mass is 9.92. The number of anilines is 2. The van der Waals surface area contributed by atoms with Crippen LogP contribution in [0.5, 0.6) is 11.5 Å². The molecule has 588 valence electrons. The summed E-state index contributed by atoms with van der Waals surface area (Å²) >= 11 is 12.3. The van der Waals surface area contributed by atoms with Crippen molar-refractivity contribution in [3.05, 3.63) is 132 Å². The smallest absolute Gasteiger partial charge is 0.410 e. The van der Waals surface area contributed by atoms with Crippen molar-refractivity contribution in [1.82, 2.24) is 58.3 Å². The van der Waals surface area contributed by atoms with Crippen LogP contribution in [0.15, 0.2) is 111 Å². The van der Waals surface area contributed by atoms with E-state index in [1.54, 1.807) is 100 Å². The molecule has 32 nitrogen and oxygen atoms in total. The van der Waals surface area contributed by atoms with Crippen molar-refractivity contribution in [2.24, 2.45) is 0 Å². The highest BCUT2D eigenvalue weighted by atomic mass is 35.5. The first-order valence-corrected chi connectivity index (χ1v) is 40.4. The molecular formula is C72H100Cl2N16O16P2. The molecule has 0 aliphatic carbocycles. The van der Waals surface area contributed by atoms with Crippen LogP contribution in [0, 0.1) is 22.7 Å². The number of ether oxygens (including phenoxy) is 8. The number of rotatable bonds is 38. The lowest BCUT2D eigenvalue weighted by molar-refractivity contribution is -0.204. The second-order valence-electron chi connectivity index (χ2n) is 26.9. The van der Waals surface area contributed by atoms with Gasteiger partial charge in [-0.2, -0.15) is 20.7 Å². The number of nitrogens with two attached hydrogens (primary N) is 2. The third kappa shape index (κ3) is 21.6. The van der Waals surface area contributed by atoms with Gasteiger partial charge in [-0.15, -0.1) is 19.1 Å². The van der Waals surface area contributed by atoms with E-state index in [-0.39, 0.29) is 48.8 Å². The monoisotopic (exact) mass is 1580 g/mol. The van der Waals surface area contributed by atoms with Crippen LogP contribution in [-0.4, -0.2) is 170 Å². The number of aromatic nitrogens is 12. The summed E-state index contributed by atoms with van der Waals surface area (Å²) in [5, 5.41) is 55.5. The standard InChI is InChI=1S/C34H47ClN5O8P.C15H17N5O4.C13H28O2.C10H8ClN6O2P/c1-4-5-6-7-8-9-10-13-19-42-20-14-21-43-49(41,48-27-16-12-11-15-25(27)35)44-22-28-30-31(47-33(2,3)46-30)34(23-36,45-28)29-18-17-26-32(37)38-24-39-40(26)29;1-14(2)23-11-9(5-21)22-15(6-16,12(11)24-14)10-4-3-8-13(17)18-7-19-20(8)10;1-2-3-4-5-6-7-8-9-12-15-13-10-11-14;11-9-3-1-2-4-10(9)19-20(18,16-7-12-5-14-16)17-8-13-6-15-17/h11-12,15-18,24,28,30-31H,4-10,13-14,19-22H2,1-3H3,(H2,37,38,39);3-4,7,9,11-12,21H,5H2,1-2H3,(H2,17,18,19);14H,2-13H2,1H3;1-8H/t28-,30-,31-,34+,49?;9-,11-,12-,15+;;/m11../s1. The SMILES string of the molecule is CC1(C)O[C@H]2[C@@H](O1)[C@](C#N)(c1ccc3c(N)ncnn13)O[C@@H]2CO.CCCCCCCCCCOCCCO.CCCCCCCCCCOCCCOP(=O)(OC[C@H]1O[C@@](C#N)(c2ccc3c(N)ncnn23)[C@@H]2OC(C)(C)O[C@@H]21)Oc1ccccc1Cl.O=P(Oc1ccccc1Cl)(n1cncn1)n1cncn1. The van der Waals surface area contributed by atoms with E-state index in [1.807, 2.05) is 0 Å². The first kappa shape index (κ1) is 84.7. The van der Waals surface area contributed by atoms with E-state index in [0.717, 1.165) is 34.8 Å². The van der Waals surface area contributed by atoms with E-state index < -0.39 is 74.9 Å². The van der Waals surface area contributed by atoms with Crippen molar-refractivity contribution in [2.45, 2.75) is 217 Å². The molecule has 6 N–H and O–H groups in total. The minimum Gasteiger partial charge on any atom is -0.410 e. The normalized spacial score (nSPS) is 22.2. The summed E-state index contributed by atoms with van der Waals surface area (Å²) in [7, 11) is -7.94. The molecule has 0 radical (unpaired) electrons. The molecule has 0 bridgehead atoms. The quantitative estimate of drug-likeness (QED) is 0.0206. The van der Waals surface area contributed by atoms with Gasteiger partial charge < -0.3 is 68.6 Å². The number of para-hydroxylation sites is 2. The second-order valence-corrected chi connectivity index (χ2v) is 31.3. The molecule has 4 aliphatic rings. The van der Waals surface area contributed by atoms with Crippen LogP contribution in [0.2, 0.25) is 10.0 Å². The molecule has 108 heavy (non-hydrogen) atoms. The number of phosphoric acid groups is 1. The van der Waals surface area contributed by atoms with Gasteiger partial charge in [-0.05, 0) is 102 Å². The Labute approximate surface area is 639 Å². The summed E-state index contributed by atoms with van der Waals surface area (Å²) in [5.74, 6) is -1.02. The van der Waals surface area contributed by atoms with Gasteiger partial charge >= 0.3 is 15.5 Å². The number of fused-ring (bicyclic) bond motifs is 4. The number of phosphoric ester groups is 1. The second kappa shape index (κ2) is 40.6. The fourth-order valence-electron chi connectivity index (χ4n) is 12.7. The number of halogens is 2. The summed E-state index contributed by atoms with van der Waals surface area (Å²) in [6, 6.07) is 24.6. The minimum atomic E-state index is -4.27. The van der Waals surface area contributed by atoms with Crippen LogP contribution < -0.4 is 20.5 Å². The average molecular weight is 1580 g/mol. The lowest BCUT2D eigenvalue weighted by Crippen LogP contribution is -2.40. The summed E-state index contributed by atoms with van der Waals surface area (Å²) < 4.78 is 103. The van der Waals surface area contributed by atoms with E-state index in [4.69, 9.17) is 95.8 Å². The van der Waals surface area contributed by atoms with E-state index in [0.29, 0.717) is 59.5 Å². The van der Waals surface area contributed by atoms with Crippen LogP contribution in [0.3, 0.4) is 0 Å². The molecule has 4 fully saturated rings. The van der Waals surface area contributed by atoms with Gasteiger partial charge in [-0.1, -0.05) is 151 Å². The summed E-state index contributed by atoms with van der Waals surface area (Å²) in [4.78, 5) is 15.5. The molecular weight excluding hydrogens is 1480 g/mol. The predicted octanol–water partition coefficient (Wildman–Crippen LogP) is 12.9. The summed E-state index contributed by atoms with van der Waals surface area (Å²) in [6.07, 6.45) is 24.9. The van der Waals surface area contributed by atoms with Gasteiger partial charge in [0.15, 0.2) is 23.2 Å². The van der Waals surface area contributed by atoms with Crippen molar-refractivity contribution in [1.29, 1.82) is 10.5 Å². The van der Waals surface area contributed by atoms with E-state index in [2.05, 4.69) is 66.3 Å². The molecule has 0 amide bonds. The van der Waals surface area contributed by atoms with Crippen molar-refractivity contribution in [2.75, 3.05) is 64.3 Å². The van der Waals surface area contributed by atoms with Crippen LogP contribution in [0.1, 0.15) is 169 Å². The van der Waals surface area contributed by atoms with Gasteiger partial charge in [-0.3, -0.25) is 9.05 Å². The minimum absolute atomic E-state index is 0.0444. The van der Waals surface area contributed by atoms with Gasteiger partial charge in [0.1, 0.15) is 109 Å². The van der Waals surface area contributed by atoms with E-state index in [1.165, 1.54) is 137 Å². The number of unbranched alkanes of at least 4 members (excludes halogenated alkanes) is 14. The molecule has 12 rings (SSSR count). The highest BCUT2D eigenvalue weighted by Crippen LogP contribution is 2.55. The van der Waals surface area contributed by atoms with Gasteiger partial charge in [0.25, 0.3) is 0 Å². The molecule has 2 aromatic carbocycles. The molecule has 0 spiro atoms. The van der Waals surface area contributed by atoms with Crippen LogP contribution in [-0.2, 0) is 67.3 Å². The zero-order chi connectivity index (χ0) is 77.2. The maximum absolute atomic E-state index is 14.1. The fraction of sp³-hybridized carbons (Fsp3) is 0.583. The fourth-order valence-corrected chi connectivity index (χ4v) is 15.9. The Hall–Kier alpha value is -7.30. The summed E-state index contributed by atoms with van der Waals surface area (Å²) in [5.41, 5.74) is 10.7. The summed E-state index contributed by atoms with van der Waals surface area (Å²) in [6.45, 7) is 13.9. The lowest BCUT2D eigenvalue weighted by Gasteiger charge is -2.29. The molecule has 4 aliphatic heterocycles. The molecule has 1 unspecified atom stereocenters. The number of benzene rings is 2. The Kier molecular flexibility index (Phi) is 31.8. The van der Waals surface area contributed by atoms with Crippen molar-refractivity contribution >= 4 is 61.4 Å². The third-order valence-electron chi connectivity index (χ3n) is 17.9. The Bertz CT molecular complexity index is 4200. The van der Waals surface area contributed by atoms with E-state index in [9.17, 15) is 24.8 Å². The van der Waals surface area contributed by atoms with Crippen LogP contribution in [0.4, 0.5) is 11.6 Å². The Balaban J connectivity index is 0.000000188. The maximum Gasteiger partial charge on any atom is 0.530 e. The molecule has 36 heteroatoms. The Morgan fingerprint density at radius 2 is 0.954 bits per heavy atom. The number of nitriles is 2. The zero-order valence-electron chi connectivity index (χ0n) is 61.9. The number of nitrogens with zero attached hydrogens (tertiary/aromatic N) is 14.